The minimum atomic E-state index is -4.62. The van der Waals surface area contributed by atoms with Crippen molar-refractivity contribution in [2.45, 2.75) is 6.18 Å². The topological polar surface area (TPSA) is 72.3 Å². The first-order chi connectivity index (χ1) is 9.77. The molecular weight excluding hydrogens is 357 g/mol. The molecule has 0 spiro atoms. The Morgan fingerprint density at radius 2 is 2.00 bits per heavy atom. The molecule has 0 bridgehead atoms. The third-order valence-electron chi connectivity index (χ3n) is 2.30. The first kappa shape index (κ1) is 15.2. The zero-order valence-corrected chi connectivity index (χ0v) is 11.6. The van der Waals surface area contributed by atoms with Crippen LogP contribution in [0.15, 0.2) is 34.9 Å². The number of carboxylic acids is 1. The number of hydrogen-bond acceptors (Lipinski definition) is 4. The maximum absolute atomic E-state index is 12.5. The molecule has 1 aromatic heterocycles. The summed E-state index contributed by atoms with van der Waals surface area (Å²) >= 11 is 3.10. The van der Waals surface area contributed by atoms with Crippen LogP contribution >= 0.6 is 15.9 Å². The average Bonchev–Trinajstić information content (AvgIpc) is 2.40. The number of carbonyl (C=O) groups is 1. The van der Waals surface area contributed by atoms with Crippen LogP contribution in [0.1, 0.15) is 16.1 Å². The van der Waals surface area contributed by atoms with Crippen molar-refractivity contribution >= 4 is 21.9 Å². The number of aromatic nitrogens is 2. The highest BCUT2D eigenvalue weighted by Crippen LogP contribution is 2.31. The van der Waals surface area contributed by atoms with Crippen LogP contribution in [-0.2, 0) is 6.18 Å². The smallest absolute Gasteiger partial charge is 0.433 e. The number of rotatable bonds is 3. The summed E-state index contributed by atoms with van der Waals surface area (Å²) in [5, 5.41) is 8.87. The maximum atomic E-state index is 12.5. The lowest BCUT2D eigenvalue weighted by Crippen LogP contribution is -2.09. The number of aromatic carboxylic acids is 1. The van der Waals surface area contributed by atoms with Crippen LogP contribution < -0.4 is 4.74 Å². The van der Waals surface area contributed by atoms with Crippen LogP contribution in [0.5, 0.6) is 11.8 Å². The third kappa shape index (κ3) is 3.69. The second kappa shape index (κ2) is 5.68. The van der Waals surface area contributed by atoms with E-state index in [0.29, 0.717) is 10.5 Å². The minimum Gasteiger partial charge on any atom is -0.478 e. The quantitative estimate of drug-likeness (QED) is 0.900. The standard InChI is InChI=1S/C12H6BrF3N2O3/c13-7-2-1-6(10(19)20)5-8(7)21-11-17-4-3-9(18-11)12(14,15)16/h1-5H,(H,19,20). The van der Waals surface area contributed by atoms with Crippen LogP contribution in [0.25, 0.3) is 0 Å². The monoisotopic (exact) mass is 362 g/mol. The Morgan fingerprint density at radius 1 is 1.29 bits per heavy atom. The van der Waals surface area contributed by atoms with Crippen LogP contribution in [0.4, 0.5) is 13.2 Å². The van der Waals surface area contributed by atoms with Crippen molar-refractivity contribution in [1.82, 2.24) is 9.97 Å². The molecule has 2 aromatic rings. The van der Waals surface area contributed by atoms with E-state index in [1.807, 2.05) is 0 Å². The van der Waals surface area contributed by atoms with Gasteiger partial charge in [-0.25, -0.2) is 9.78 Å². The van der Waals surface area contributed by atoms with Gasteiger partial charge in [0.2, 0.25) is 0 Å². The van der Waals surface area contributed by atoms with Gasteiger partial charge in [-0.2, -0.15) is 18.2 Å². The third-order valence-corrected chi connectivity index (χ3v) is 2.96. The Morgan fingerprint density at radius 3 is 2.62 bits per heavy atom. The SMILES string of the molecule is O=C(O)c1ccc(Br)c(Oc2nccc(C(F)(F)F)n2)c1. The molecule has 0 saturated carbocycles. The van der Waals surface area contributed by atoms with Gasteiger partial charge in [0.25, 0.3) is 0 Å². The van der Waals surface area contributed by atoms with E-state index >= 15 is 0 Å². The molecule has 0 atom stereocenters. The maximum Gasteiger partial charge on any atom is 0.433 e. The van der Waals surface area contributed by atoms with Crippen molar-refractivity contribution in [3.05, 3.63) is 46.2 Å². The highest BCUT2D eigenvalue weighted by atomic mass is 79.9. The van der Waals surface area contributed by atoms with Gasteiger partial charge in [-0.05, 0) is 40.2 Å². The average molecular weight is 363 g/mol. The lowest BCUT2D eigenvalue weighted by atomic mass is 10.2. The van der Waals surface area contributed by atoms with Crippen molar-refractivity contribution in [2.75, 3.05) is 0 Å². The molecular formula is C12H6BrF3N2O3. The number of hydrogen-bond donors (Lipinski definition) is 1. The predicted octanol–water partition coefficient (Wildman–Crippen LogP) is 3.75. The number of ether oxygens (including phenoxy) is 1. The van der Waals surface area contributed by atoms with E-state index in [9.17, 15) is 18.0 Å². The number of halogens is 4. The normalized spacial score (nSPS) is 11.2. The predicted molar refractivity (Wildman–Crippen MR) is 68.2 cm³/mol. The summed E-state index contributed by atoms with van der Waals surface area (Å²) in [5.41, 5.74) is -1.24. The molecule has 0 unspecified atom stereocenters. The highest BCUT2D eigenvalue weighted by molar-refractivity contribution is 9.10. The first-order valence-corrected chi connectivity index (χ1v) is 6.17. The molecule has 0 amide bonds. The van der Waals surface area contributed by atoms with Gasteiger partial charge in [-0.15, -0.1) is 0 Å². The molecule has 1 heterocycles. The fourth-order valence-corrected chi connectivity index (χ4v) is 1.69. The number of alkyl halides is 3. The number of carboxylic acid groups (broad SMARTS) is 1. The van der Waals surface area contributed by atoms with E-state index < -0.39 is 23.8 Å². The molecule has 1 N–H and O–H groups in total. The van der Waals surface area contributed by atoms with E-state index in [4.69, 9.17) is 9.84 Å². The lowest BCUT2D eigenvalue weighted by Gasteiger charge is -2.09. The summed E-state index contributed by atoms with van der Waals surface area (Å²) < 4.78 is 43.0. The zero-order chi connectivity index (χ0) is 15.6. The van der Waals surface area contributed by atoms with Gasteiger partial charge in [0, 0.05) is 6.20 Å². The van der Waals surface area contributed by atoms with Gasteiger partial charge in [0.1, 0.15) is 5.75 Å². The molecule has 0 aliphatic carbocycles. The van der Waals surface area contributed by atoms with Crippen molar-refractivity contribution < 1.29 is 27.8 Å². The van der Waals surface area contributed by atoms with E-state index in [1.54, 1.807) is 0 Å². The lowest BCUT2D eigenvalue weighted by molar-refractivity contribution is -0.141. The molecule has 5 nitrogen and oxygen atoms in total. The summed E-state index contributed by atoms with van der Waals surface area (Å²) in [6.07, 6.45) is -3.72. The van der Waals surface area contributed by atoms with E-state index in [-0.39, 0.29) is 11.3 Å². The second-order valence-corrected chi connectivity index (χ2v) is 4.63. The van der Waals surface area contributed by atoms with Crippen LogP contribution in [-0.4, -0.2) is 21.0 Å². The first-order valence-electron chi connectivity index (χ1n) is 5.38. The van der Waals surface area contributed by atoms with E-state index in [1.165, 1.54) is 12.1 Å². The van der Waals surface area contributed by atoms with Crippen molar-refractivity contribution in [3.63, 3.8) is 0 Å². The molecule has 2 rings (SSSR count). The summed E-state index contributed by atoms with van der Waals surface area (Å²) in [7, 11) is 0. The Kier molecular flexibility index (Phi) is 4.12. The largest absolute Gasteiger partial charge is 0.478 e. The van der Waals surface area contributed by atoms with Crippen molar-refractivity contribution in [2.24, 2.45) is 0 Å². The molecule has 0 aliphatic rings. The Balaban J connectivity index is 2.34. The summed E-state index contributed by atoms with van der Waals surface area (Å²) in [5.74, 6) is -1.20. The molecule has 9 heteroatoms. The molecule has 0 aliphatic heterocycles. The van der Waals surface area contributed by atoms with E-state index in [2.05, 4.69) is 25.9 Å². The fraction of sp³-hybridized carbons (Fsp3) is 0.0833. The van der Waals surface area contributed by atoms with Crippen LogP contribution in [0.3, 0.4) is 0 Å². The molecule has 21 heavy (non-hydrogen) atoms. The summed E-state index contributed by atoms with van der Waals surface area (Å²) in [4.78, 5) is 17.6. The van der Waals surface area contributed by atoms with Gasteiger partial charge in [-0.1, -0.05) is 0 Å². The van der Waals surface area contributed by atoms with Crippen LogP contribution in [0.2, 0.25) is 0 Å². The van der Waals surface area contributed by atoms with E-state index in [0.717, 1.165) is 12.3 Å². The van der Waals surface area contributed by atoms with Crippen molar-refractivity contribution in [1.29, 1.82) is 0 Å². The van der Waals surface area contributed by atoms with Gasteiger partial charge in [0.15, 0.2) is 5.69 Å². The summed E-state index contributed by atoms with van der Waals surface area (Å²) in [6, 6.07) is 4.03. The van der Waals surface area contributed by atoms with Gasteiger partial charge >= 0.3 is 18.2 Å². The zero-order valence-electron chi connectivity index (χ0n) is 10.1. The Bertz CT molecular complexity index is 692. The van der Waals surface area contributed by atoms with Crippen molar-refractivity contribution in [3.8, 4) is 11.8 Å². The second-order valence-electron chi connectivity index (χ2n) is 3.77. The number of nitrogens with zero attached hydrogens (tertiary/aromatic N) is 2. The molecule has 110 valence electrons. The fourth-order valence-electron chi connectivity index (χ4n) is 1.36. The molecule has 0 fully saturated rings. The highest BCUT2D eigenvalue weighted by Gasteiger charge is 2.33. The Hall–Kier alpha value is -2.16. The molecule has 1 aromatic carbocycles. The molecule has 0 saturated heterocycles. The minimum absolute atomic E-state index is 0.00535. The van der Waals surface area contributed by atoms with Gasteiger partial charge in [-0.3, -0.25) is 0 Å². The van der Waals surface area contributed by atoms with Gasteiger partial charge in [0.05, 0.1) is 10.0 Å². The Labute approximate surface area is 124 Å². The van der Waals surface area contributed by atoms with Gasteiger partial charge < -0.3 is 9.84 Å². The number of benzene rings is 1. The molecule has 0 radical (unpaired) electrons. The summed E-state index contributed by atoms with van der Waals surface area (Å²) in [6.45, 7) is 0. The van der Waals surface area contributed by atoms with Crippen LogP contribution in [0, 0.1) is 0 Å².